The predicted molar refractivity (Wildman–Crippen MR) is 119 cm³/mol. The van der Waals surface area contributed by atoms with E-state index in [1.165, 1.54) is 18.2 Å². The Bertz CT molecular complexity index is 1030. The Morgan fingerprint density at radius 3 is 2.69 bits per heavy atom. The number of ketones is 2. The predicted octanol–water partition coefficient (Wildman–Crippen LogP) is 1.72. The van der Waals surface area contributed by atoms with Gasteiger partial charge in [-0.15, -0.1) is 0 Å². The Morgan fingerprint density at radius 1 is 1.22 bits per heavy atom. The molecule has 0 saturated carbocycles. The summed E-state index contributed by atoms with van der Waals surface area (Å²) in [4.78, 5) is 36.2. The molecule has 0 radical (unpaired) electrons. The van der Waals surface area contributed by atoms with E-state index in [-0.39, 0.29) is 30.0 Å². The van der Waals surface area contributed by atoms with E-state index in [0.29, 0.717) is 34.9 Å². The highest BCUT2D eigenvalue weighted by Crippen LogP contribution is 2.30. The molecule has 1 aliphatic carbocycles. The molecule has 0 unspecified atom stereocenters. The molecular formula is C23H26FN5O3. The molecule has 8 nitrogen and oxygen atoms in total. The molecule has 0 atom stereocenters. The first-order valence-electron chi connectivity index (χ1n) is 10.7. The van der Waals surface area contributed by atoms with Crippen molar-refractivity contribution in [2.45, 2.75) is 12.8 Å². The fourth-order valence-electron chi connectivity index (χ4n) is 3.90. The van der Waals surface area contributed by atoms with E-state index < -0.39 is 5.82 Å². The van der Waals surface area contributed by atoms with Crippen molar-refractivity contribution in [3.63, 3.8) is 0 Å². The number of allylic oxidation sites excluding steroid dienone is 1. The lowest BCUT2D eigenvalue weighted by Crippen LogP contribution is -2.39. The highest BCUT2D eigenvalue weighted by atomic mass is 19.1. The fourth-order valence-corrected chi connectivity index (χ4v) is 3.90. The normalized spacial score (nSPS) is 16.3. The summed E-state index contributed by atoms with van der Waals surface area (Å²) in [6.07, 6.45) is 4.72. The molecule has 0 spiro atoms. The Balaban J connectivity index is 1.37. The maximum absolute atomic E-state index is 13.9. The number of carbonyl (C=O) groups excluding carboxylic acids is 2. The summed E-state index contributed by atoms with van der Waals surface area (Å²) < 4.78 is 19.2. The van der Waals surface area contributed by atoms with Crippen molar-refractivity contribution in [2.75, 3.05) is 57.1 Å². The Labute approximate surface area is 185 Å². The standard InChI is InChI=1S/C23H26FN5O3/c1-25-20-11-17(24)9-16-10-19(22(31)12-18(16)20)21(30)8-15-13-27-23(28-14-15)26-2-3-29-4-6-32-7-5-29/h9-11,13-14,25H,2-8,12H2,1H3,(H,26,27,28). The van der Waals surface area contributed by atoms with Crippen molar-refractivity contribution in [2.24, 2.45) is 0 Å². The van der Waals surface area contributed by atoms with Crippen molar-refractivity contribution < 1.29 is 18.7 Å². The van der Waals surface area contributed by atoms with Gasteiger partial charge in [0.15, 0.2) is 11.6 Å². The molecule has 2 N–H and O–H groups in total. The van der Waals surface area contributed by atoms with E-state index in [1.807, 2.05) is 0 Å². The molecule has 2 heterocycles. The molecule has 9 heteroatoms. The Hall–Kier alpha value is -3.17. The third-order valence-electron chi connectivity index (χ3n) is 5.64. The molecule has 2 aliphatic rings. The zero-order chi connectivity index (χ0) is 22.5. The summed E-state index contributed by atoms with van der Waals surface area (Å²) >= 11 is 0. The third kappa shape index (κ3) is 5.17. The van der Waals surface area contributed by atoms with Gasteiger partial charge in [0.05, 0.1) is 18.8 Å². The number of hydrogen-bond acceptors (Lipinski definition) is 8. The molecule has 32 heavy (non-hydrogen) atoms. The number of fused-ring (bicyclic) bond motifs is 1. The highest BCUT2D eigenvalue weighted by Gasteiger charge is 2.26. The summed E-state index contributed by atoms with van der Waals surface area (Å²) in [5, 5.41) is 6.07. The van der Waals surface area contributed by atoms with Crippen LogP contribution in [0.15, 0.2) is 30.1 Å². The minimum atomic E-state index is -0.421. The van der Waals surface area contributed by atoms with Crippen molar-refractivity contribution in [1.29, 1.82) is 0 Å². The van der Waals surface area contributed by atoms with Gasteiger partial charge < -0.3 is 15.4 Å². The fraction of sp³-hybridized carbons (Fsp3) is 0.391. The number of ether oxygens (including phenoxy) is 1. The van der Waals surface area contributed by atoms with Crippen LogP contribution in [0.2, 0.25) is 0 Å². The van der Waals surface area contributed by atoms with Gasteiger partial charge >= 0.3 is 0 Å². The van der Waals surface area contributed by atoms with Gasteiger partial charge in [-0.1, -0.05) is 0 Å². The number of carbonyl (C=O) groups is 2. The number of hydrogen-bond donors (Lipinski definition) is 2. The molecule has 0 bridgehead atoms. The average molecular weight is 439 g/mol. The van der Waals surface area contributed by atoms with Crippen LogP contribution in [0, 0.1) is 5.82 Å². The van der Waals surface area contributed by atoms with Crippen LogP contribution in [-0.2, 0) is 27.2 Å². The van der Waals surface area contributed by atoms with E-state index in [0.717, 1.165) is 32.8 Å². The van der Waals surface area contributed by atoms with Crippen molar-refractivity contribution in [3.05, 3.63) is 52.6 Å². The molecule has 1 aromatic carbocycles. The maximum atomic E-state index is 13.9. The first-order chi connectivity index (χ1) is 15.5. The molecule has 1 fully saturated rings. The van der Waals surface area contributed by atoms with Crippen LogP contribution in [0.25, 0.3) is 6.08 Å². The van der Waals surface area contributed by atoms with Crippen LogP contribution in [0.4, 0.5) is 16.0 Å². The third-order valence-corrected chi connectivity index (χ3v) is 5.64. The lowest BCUT2D eigenvalue weighted by molar-refractivity contribution is -0.120. The van der Waals surface area contributed by atoms with Crippen molar-refractivity contribution >= 4 is 29.3 Å². The number of rotatable bonds is 8. The maximum Gasteiger partial charge on any atom is 0.222 e. The zero-order valence-corrected chi connectivity index (χ0v) is 18.0. The van der Waals surface area contributed by atoms with E-state index in [4.69, 9.17) is 4.74 Å². The van der Waals surface area contributed by atoms with Gasteiger partial charge in [0, 0.05) is 64.1 Å². The van der Waals surface area contributed by atoms with Gasteiger partial charge in [-0.05, 0) is 34.9 Å². The van der Waals surface area contributed by atoms with Crippen LogP contribution >= 0.6 is 0 Å². The molecular weight excluding hydrogens is 413 g/mol. The van der Waals surface area contributed by atoms with Gasteiger partial charge in [0.2, 0.25) is 5.95 Å². The van der Waals surface area contributed by atoms with Crippen LogP contribution in [-0.4, -0.2) is 72.9 Å². The van der Waals surface area contributed by atoms with Gasteiger partial charge in [-0.25, -0.2) is 14.4 Å². The zero-order valence-electron chi connectivity index (χ0n) is 18.0. The Kier molecular flexibility index (Phi) is 6.87. The second-order valence-electron chi connectivity index (χ2n) is 7.82. The van der Waals surface area contributed by atoms with E-state index >= 15 is 0 Å². The smallest absolute Gasteiger partial charge is 0.222 e. The molecule has 1 aromatic heterocycles. The van der Waals surface area contributed by atoms with Crippen LogP contribution in [0.3, 0.4) is 0 Å². The molecule has 168 valence electrons. The summed E-state index contributed by atoms with van der Waals surface area (Å²) in [6.45, 7) is 4.95. The molecule has 2 aromatic rings. The van der Waals surface area contributed by atoms with Crippen LogP contribution in [0.1, 0.15) is 16.7 Å². The van der Waals surface area contributed by atoms with Gasteiger partial charge in [-0.2, -0.15) is 0 Å². The van der Waals surface area contributed by atoms with Gasteiger partial charge in [0.25, 0.3) is 0 Å². The van der Waals surface area contributed by atoms with E-state index in [9.17, 15) is 14.0 Å². The highest BCUT2D eigenvalue weighted by molar-refractivity contribution is 6.25. The largest absolute Gasteiger partial charge is 0.388 e. The number of benzene rings is 1. The van der Waals surface area contributed by atoms with E-state index in [1.54, 1.807) is 19.4 Å². The summed E-state index contributed by atoms with van der Waals surface area (Å²) in [6, 6.07) is 2.69. The topological polar surface area (TPSA) is 96.5 Å². The minimum Gasteiger partial charge on any atom is -0.388 e. The number of nitrogens with one attached hydrogen (secondary N) is 2. The van der Waals surface area contributed by atoms with E-state index in [2.05, 4.69) is 25.5 Å². The average Bonchev–Trinajstić information content (AvgIpc) is 2.80. The van der Waals surface area contributed by atoms with Gasteiger partial charge in [0.1, 0.15) is 5.82 Å². The lowest BCUT2D eigenvalue weighted by Gasteiger charge is -2.26. The van der Waals surface area contributed by atoms with Crippen LogP contribution in [0.5, 0.6) is 0 Å². The number of Topliss-reactive ketones (excluding diaryl/α,β-unsaturated/α-hetero) is 2. The lowest BCUT2D eigenvalue weighted by atomic mass is 9.87. The van der Waals surface area contributed by atoms with Crippen molar-refractivity contribution in [1.82, 2.24) is 14.9 Å². The molecule has 4 rings (SSSR count). The SMILES string of the molecule is CNc1cc(F)cc2c1CC(=O)C(C(=O)Cc1cnc(NCCN3CCOCC3)nc1)=C2. The molecule has 0 amide bonds. The minimum absolute atomic E-state index is 0.00909. The summed E-state index contributed by atoms with van der Waals surface area (Å²) in [5.74, 6) is -0.525. The number of aromatic nitrogens is 2. The second-order valence-corrected chi connectivity index (χ2v) is 7.82. The first kappa shape index (κ1) is 22.0. The number of morpholine rings is 1. The second kappa shape index (κ2) is 9.97. The molecule has 1 aliphatic heterocycles. The monoisotopic (exact) mass is 439 g/mol. The summed E-state index contributed by atoms with van der Waals surface area (Å²) in [5.41, 5.74) is 2.50. The quantitative estimate of drug-likeness (QED) is 0.601. The number of nitrogens with zero attached hydrogens (tertiary/aromatic N) is 3. The summed E-state index contributed by atoms with van der Waals surface area (Å²) in [7, 11) is 1.67. The first-order valence-corrected chi connectivity index (χ1v) is 10.7. The number of halogens is 1. The number of anilines is 2. The van der Waals surface area contributed by atoms with Gasteiger partial charge in [-0.3, -0.25) is 14.5 Å². The Morgan fingerprint density at radius 2 is 1.97 bits per heavy atom. The van der Waals surface area contributed by atoms with Crippen molar-refractivity contribution in [3.8, 4) is 0 Å². The molecule has 1 saturated heterocycles. The van der Waals surface area contributed by atoms with Crippen LogP contribution < -0.4 is 10.6 Å².